The van der Waals surface area contributed by atoms with E-state index in [1.165, 1.54) is 56.8 Å². The number of thioether (sulfide) groups is 1. The van der Waals surface area contributed by atoms with Gasteiger partial charge in [0.2, 0.25) is 0 Å². The van der Waals surface area contributed by atoms with Crippen molar-refractivity contribution in [2.24, 2.45) is 0 Å². The lowest BCUT2D eigenvalue weighted by Crippen LogP contribution is -2.62. The zero-order chi connectivity index (χ0) is 12.4. The van der Waals surface area contributed by atoms with E-state index >= 15 is 0 Å². The Morgan fingerprint density at radius 1 is 1.28 bits per heavy atom. The third kappa shape index (κ3) is 2.58. The number of hydrogen-bond donors (Lipinski definition) is 1. The Morgan fingerprint density at radius 3 is 2.67 bits per heavy atom. The van der Waals surface area contributed by atoms with Gasteiger partial charge in [-0.05, 0) is 43.7 Å². The van der Waals surface area contributed by atoms with Crippen molar-refractivity contribution in [2.75, 3.05) is 37.7 Å². The molecule has 4 heteroatoms. The van der Waals surface area contributed by atoms with Crippen molar-refractivity contribution in [3.63, 3.8) is 0 Å². The highest BCUT2D eigenvalue weighted by Crippen LogP contribution is 2.39. The van der Waals surface area contributed by atoms with Gasteiger partial charge in [-0.25, -0.2) is 0 Å². The second kappa shape index (κ2) is 5.70. The van der Waals surface area contributed by atoms with Crippen molar-refractivity contribution in [3.8, 4) is 0 Å². The van der Waals surface area contributed by atoms with E-state index in [0.717, 1.165) is 18.7 Å². The van der Waals surface area contributed by atoms with E-state index in [1.54, 1.807) is 0 Å². The molecule has 104 valence electrons. The Kier molecular flexibility index (Phi) is 4.18. The molecular formula is C14H26N2OS. The molecule has 0 amide bonds. The fraction of sp³-hybridized carbons (Fsp3) is 1.00. The molecule has 1 unspecified atom stereocenters. The van der Waals surface area contributed by atoms with Gasteiger partial charge in [0.1, 0.15) is 0 Å². The van der Waals surface area contributed by atoms with Crippen molar-refractivity contribution in [1.29, 1.82) is 0 Å². The van der Waals surface area contributed by atoms with E-state index in [2.05, 4.69) is 28.9 Å². The van der Waals surface area contributed by atoms with Crippen molar-refractivity contribution in [3.05, 3.63) is 0 Å². The van der Waals surface area contributed by atoms with Crippen molar-refractivity contribution in [2.45, 2.75) is 50.3 Å². The highest BCUT2D eigenvalue weighted by Gasteiger charge is 2.42. The SMILES string of the molecule is CCN(C1CNC1)C1CCOC2(CCSCC2)C1. The van der Waals surface area contributed by atoms with E-state index in [-0.39, 0.29) is 5.60 Å². The Labute approximate surface area is 115 Å². The lowest BCUT2D eigenvalue weighted by Gasteiger charge is -2.49. The summed E-state index contributed by atoms with van der Waals surface area (Å²) < 4.78 is 6.21. The predicted molar refractivity (Wildman–Crippen MR) is 77.3 cm³/mol. The van der Waals surface area contributed by atoms with Crippen LogP contribution in [0.2, 0.25) is 0 Å². The van der Waals surface area contributed by atoms with Gasteiger partial charge < -0.3 is 10.1 Å². The van der Waals surface area contributed by atoms with Crippen molar-refractivity contribution in [1.82, 2.24) is 10.2 Å². The Balaban J connectivity index is 1.64. The minimum Gasteiger partial charge on any atom is -0.375 e. The summed E-state index contributed by atoms with van der Waals surface area (Å²) in [5, 5.41) is 3.41. The number of ether oxygens (including phenoxy) is 1. The van der Waals surface area contributed by atoms with Crippen molar-refractivity contribution >= 4 is 11.8 Å². The van der Waals surface area contributed by atoms with Crippen LogP contribution in [0.3, 0.4) is 0 Å². The minimum atomic E-state index is 0.235. The number of nitrogens with zero attached hydrogens (tertiary/aromatic N) is 1. The lowest BCUT2D eigenvalue weighted by atomic mass is 9.84. The second-order valence-electron chi connectivity index (χ2n) is 5.93. The van der Waals surface area contributed by atoms with Crippen LogP contribution in [-0.4, -0.2) is 60.3 Å². The average molecular weight is 270 g/mol. The predicted octanol–water partition coefficient (Wildman–Crippen LogP) is 1.72. The van der Waals surface area contributed by atoms with E-state index in [1.807, 2.05) is 0 Å². The normalized spacial score (nSPS) is 32.7. The van der Waals surface area contributed by atoms with Gasteiger partial charge in [0.15, 0.2) is 0 Å². The van der Waals surface area contributed by atoms with Crippen LogP contribution in [0.4, 0.5) is 0 Å². The molecule has 1 spiro atoms. The number of rotatable bonds is 3. The lowest BCUT2D eigenvalue weighted by molar-refractivity contribution is -0.116. The van der Waals surface area contributed by atoms with Gasteiger partial charge in [0, 0.05) is 31.8 Å². The molecular weight excluding hydrogens is 244 g/mol. The Bertz CT molecular complexity index is 271. The average Bonchev–Trinajstić information content (AvgIpc) is 2.34. The first-order valence-corrected chi connectivity index (χ1v) is 8.67. The summed E-state index contributed by atoms with van der Waals surface area (Å²) in [6.45, 7) is 6.87. The number of hydrogen-bond acceptors (Lipinski definition) is 4. The zero-order valence-electron chi connectivity index (χ0n) is 11.5. The Hall–Kier alpha value is 0.230. The van der Waals surface area contributed by atoms with E-state index in [9.17, 15) is 0 Å². The molecule has 0 aromatic heterocycles. The summed E-state index contributed by atoms with van der Waals surface area (Å²) in [5.74, 6) is 2.59. The Morgan fingerprint density at radius 2 is 2.06 bits per heavy atom. The summed E-state index contributed by atoms with van der Waals surface area (Å²) in [6, 6.07) is 1.55. The summed E-state index contributed by atoms with van der Waals surface area (Å²) in [7, 11) is 0. The molecule has 3 aliphatic rings. The maximum atomic E-state index is 6.21. The van der Waals surface area contributed by atoms with Crippen LogP contribution in [-0.2, 0) is 4.74 Å². The molecule has 0 aliphatic carbocycles. The summed E-state index contributed by atoms with van der Waals surface area (Å²) in [4.78, 5) is 2.74. The van der Waals surface area contributed by atoms with Crippen LogP contribution in [0.1, 0.15) is 32.6 Å². The molecule has 1 N–H and O–H groups in total. The van der Waals surface area contributed by atoms with E-state index < -0.39 is 0 Å². The van der Waals surface area contributed by atoms with Gasteiger partial charge in [-0.3, -0.25) is 4.90 Å². The fourth-order valence-corrected chi connectivity index (χ4v) is 4.94. The quantitative estimate of drug-likeness (QED) is 0.844. The molecule has 1 atom stereocenters. The highest BCUT2D eigenvalue weighted by atomic mass is 32.2. The maximum Gasteiger partial charge on any atom is 0.0713 e. The third-order valence-electron chi connectivity index (χ3n) is 4.93. The maximum absolute atomic E-state index is 6.21. The van der Waals surface area contributed by atoms with E-state index in [0.29, 0.717) is 0 Å². The number of likely N-dealkylation sites (N-methyl/N-ethyl adjacent to an activating group) is 1. The molecule has 3 aliphatic heterocycles. The van der Waals surface area contributed by atoms with Crippen LogP contribution in [0.5, 0.6) is 0 Å². The molecule has 0 aromatic carbocycles. The standard InChI is InChI=1S/C14H26N2OS/c1-2-16(13-10-15-11-13)12-3-6-17-14(9-12)4-7-18-8-5-14/h12-13,15H,2-11H2,1H3. The van der Waals surface area contributed by atoms with Crippen LogP contribution in [0.25, 0.3) is 0 Å². The molecule has 18 heavy (non-hydrogen) atoms. The van der Waals surface area contributed by atoms with Crippen molar-refractivity contribution < 1.29 is 4.74 Å². The number of nitrogens with one attached hydrogen (secondary N) is 1. The van der Waals surface area contributed by atoms with Crippen LogP contribution in [0.15, 0.2) is 0 Å². The minimum absolute atomic E-state index is 0.235. The van der Waals surface area contributed by atoms with Gasteiger partial charge in [0.05, 0.1) is 5.60 Å². The largest absolute Gasteiger partial charge is 0.375 e. The smallest absolute Gasteiger partial charge is 0.0713 e. The molecule has 3 fully saturated rings. The van der Waals surface area contributed by atoms with Crippen LogP contribution < -0.4 is 5.32 Å². The van der Waals surface area contributed by atoms with Gasteiger partial charge in [0.25, 0.3) is 0 Å². The third-order valence-corrected chi connectivity index (χ3v) is 5.92. The molecule has 3 nitrogen and oxygen atoms in total. The van der Waals surface area contributed by atoms with Gasteiger partial charge in [-0.1, -0.05) is 6.92 Å². The van der Waals surface area contributed by atoms with Crippen LogP contribution in [0, 0.1) is 0 Å². The molecule has 3 heterocycles. The molecule has 0 bridgehead atoms. The summed E-state index contributed by atoms with van der Waals surface area (Å²) in [6.07, 6.45) is 5.06. The first-order valence-electron chi connectivity index (χ1n) is 7.51. The molecule has 3 saturated heterocycles. The molecule has 0 saturated carbocycles. The topological polar surface area (TPSA) is 24.5 Å². The van der Waals surface area contributed by atoms with E-state index in [4.69, 9.17) is 4.74 Å². The first-order chi connectivity index (χ1) is 8.83. The molecule has 3 rings (SSSR count). The second-order valence-corrected chi connectivity index (χ2v) is 7.16. The molecule has 0 radical (unpaired) electrons. The van der Waals surface area contributed by atoms with Gasteiger partial charge >= 0.3 is 0 Å². The molecule has 0 aromatic rings. The highest BCUT2D eigenvalue weighted by molar-refractivity contribution is 7.99. The van der Waals surface area contributed by atoms with Crippen LogP contribution >= 0.6 is 11.8 Å². The van der Waals surface area contributed by atoms with Gasteiger partial charge in [-0.2, -0.15) is 11.8 Å². The first kappa shape index (κ1) is 13.2. The monoisotopic (exact) mass is 270 g/mol. The summed E-state index contributed by atoms with van der Waals surface area (Å²) in [5.41, 5.74) is 0.235. The zero-order valence-corrected chi connectivity index (χ0v) is 12.3. The van der Waals surface area contributed by atoms with Gasteiger partial charge in [-0.15, -0.1) is 0 Å². The summed E-state index contributed by atoms with van der Waals surface area (Å²) >= 11 is 2.10. The fourth-order valence-electron chi connectivity index (χ4n) is 3.70.